The summed E-state index contributed by atoms with van der Waals surface area (Å²) in [7, 11) is 0. The van der Waals surface area contributed by atoms with Crippen LogP contribution in [0.4, 0.5) is 5.69 Å². The summed E-state index contributed by atoms with van der Waals surface area (Å²) in [5.41, 5.74) is -0.134. The predicted octanol–water partition coefficient (Wildman–Crippen LogP) is 0.120. The second-order valence-electron chi connectivity index (χ2n) is 1.70. The Hall–Kier alpha value is -1.65. The van der Waals surface area contributed by atoms with Crippen molar-refractivity contribution >= 4 is 5.69 Å². The largest absolute Gasteiger partial charge is 0.337 e. The average Bonchev–Trinajstić information content (AvgIpc) is 1.88. The second-order valence-corrected chi connectivity index (χ2v) is 1.70. The van der Waals surface area contributed by atoms with Gasteiger partial charge >= 0.3 is 5.69 Å². The summed E-state index contributed by atoms with van der Waals surface area (Å²) in [6, 6.07) is 2.69. The van der Waals surface area contributed by atoms with Crippen molar-refractivity contribution in [3.63, 3.8) is 0 Å². The first-order valence-corrected chi connectivity index (χ1v) is 2.55. The average molecular weight is 141 g/mol. The molecule has 0 spiro atoms. The fraction of sp³-hybridized carbons (Fsp3) is 0. The molecule has 0 fully saturated rings. The van der Waals surface area contributed by atoms with Crippen LogP contribution >= 0.6 is 0 Å². The highest BCUT2D eigenvalue weighted by molar-refractivity contribution is 5.20. The molecule has 5 nitrogen and oxygen atoms in total. The van der Waals surface area contributed by atoms with Crippen molar-refractivity contribution < 1.29 is 14.9 Å². The molecule has 1 heterocycles. The van der Waals surface area contributed by atoms with E-state index in [9.17, 15) is 10.1 Å². The molecule has 0 aliphatic rings. The van der Waals surface area contributed by atoms with Crippen molar-refractivity contribution in [1.82, 2.24) is 0 Å². The monoisotopic (exact) mass is 141 g/mol. The number of pyridine rings is 1. The first kappa shape index (κ1) is 6.47. The van der Waals surface area contributed by atoms with Gasteiger partial charge in [-0.2, -0.15) is 0 Å². The Morgan fingerprint density at radius 3 is 2.80 bits per heavy atom. The van der Waals surface area contributed by atoms with Crippen LogP contribution in [0.25, 0.3) is 0 Å². The maximum Gasteiger partial charge on any atom is 0.337 e. The van der Waals surface area contributed by atoms with Gasteiger partial charge in [0.15, 0.2) is 0 Å². The highest BCUT2D eigenvalue weighted by Gasteiger charge is 2.09. The van der Waals surface area contributed by atoms with Crippen LogP contribution < -0.4 is 4.73 Å². The molecule has 0 aromatic carbocycles. The molecule has 0 radical (unpaired) electrons. The Bertz CT molecular complexity index is 261. The SMILES string of the molecule is O=[N+]([O-])c1ccc[n+](O)c1. The minimum atomic E-state index is -0.577. The summed E-state index contributed by atoms with van der Waals surface area (Å²) in [6.07, 6.45) is 2.31. The van der Waals surface area contributed by atoms with E-state index in [0.29, 0.717) is 4.73 Å². The van der Waals surface area contributed by atoms with E-state index in [2.05, 4.69) is 0 Å². The molecule has 52 valence electrons. The summed E-state index contributed by atoms with van der Waals surface area (Å²) in [5.74, 6) is 0. The molecule has 0 amide bonds. The third kappa shape index (κ3) is 1.19. The number of rotatable bonds is 1. The molecular weight excluding hydrogens is 136 g/mol. The zero-order valence-electron chi connectivity index (χ0n) is 4.97. The zero-order valence-corrected chi connectivity index (χ0v) is 4.97. The van der Waals surface area contributed by atoms with E-state index in [1.54, 1.807) is 0 Å². The maximum absolute atomic E-state index is 10.0. The lowest BCUT2D eigenvalue weighted by molar-refractivity contribution is -0.905. The van der Waals surface area contributed by atoms with E-state index in [-0.39, 0.29) is 5.69 Å². The number of nitro groups is 1. The van der Waals surface area contributed by atoms with E-state index in [1.165, 1.54) is 18.3 Å². The molecule has 1 aromatic rings. The Kier molecular flexibility index (Phi) is 1.49. The topological polar surface area (TPSA) is 67.2 Å². The molecule has 1 rings (SSSR count). The molecule has 10 heavy (non-hydrogen) atoms. The van der Waals surface area contributed by atoms with Gasteiger partial charge in [0.1, 0.15) is 0 Å². The van der Waals surface area contributed by atoms with Crippen LogP contribution in [-0.4, -0.2) is 10.1 Å². The van der Waals surface area contributed by atoms with Crippen LogP contribution in [0.1, 0.15) is 0 Å². The van der Waals surface area contributed by atoms with Gasteiger partial charge in [0.25, 0.3) is 6.20 Å². The second kappa shape index (κ2) is 2.30. The standard InChI is InChI=1S/C5H5N2O3/c8-6-3-1-2-5(4-6)7(9)10/h1-4,8H/q+1. The first-order chi connectivity index (χ1) is 4.70. The quantitative estimate of drug-likeness (QED) is 0.261. The van der Waals surface area contributed by atoms with Gasteiger partial charge in [-0.15, -0.1) is 0 Å². The van der Waals surface area contributed by atoms with Crippen molar-refractivity contribution in [3.05, 3.63) is 34.6 Å². The summed E-state index contributed by atoms with van der Waals surface area (Å²) >= 11 is 0. The molecule has 5 heteroatoms. The van der Waals surface area contributed by atoms with E-state index in [1.807, 2.05) is 0 Å². The fourth-order valence-electron chi connectivity index (χ4n) is 0.559. The van der Waals surface area contributed by atoms with Gasteiger partial charge in [-0.3, -0.25) is 15.3 Å². The molecule has 0 atom stereocenters. The Morgan fingerprint density at radius 2 is 2.40 bits per heavy atom. The van der Waals surface area contributed by atoms with E-state index >= 15 is 0 Å². The summed E-state index contributed by atoms with van der Waals surface area (Å²) in [4.78, 5) is 9.46. The van der Waals surface area contributed by atoms with E-state index in [0.717, 1.165) is 6.20 Å². The van der Waals surface area contributed by atoms with Gasteiger partial charge < -0.3 is 0 Å². The molecule has 0 saturated carbocycles. The summed E-state index contributed by atoms with van der Waals surface area (Å²) in [5, 5.41) is 18.7. The summed E-state index contributed by atoms with van der Waals surface area (Å²) < 4.78 is 0.637. The Labute approximate surface area is 56.3 Å². The predicted molar refractivity (Wildman–Crippen MR) is 30.5 cm³/mol. The Balaban J connectivity index is 3.07. The lowest BCUT2D eigenvalue weighted by Crippen LogP contribution is -2.28. The Morgan fingerprint density at radius 1 is 1.70 bits per heavy atom. The van der Waals surface area contributed by atoms with Crippen molar-refractivity contribution in [1.29, 1.82) is 0 Å². The maximum atomic E-state index is 10.0. The molecule has 0 aliphatic carbocycles. The molecule has 0 unspecified atom stereocenters. The van der Waals surface area contributed by atoms with Crippen LogP contribution in [-0.2, 0) is 0 Å². The zero-order chi connectivity index (χ0) is 7.56. The van der Waals surface area contributed by atoms with Gasteiger partial charge in [-0.05, 0) is 0 Å². The van der Waals surface area contributed by atoms with Crippen molar-refractivity contribution in [2.75, 3.05) is 0 Å². The van der Waals surface area contributed by atoms with Crippen LogP contribution in [0.3, 0.4) is 0 Å². The normalized spacial score (nSPS) is 9.20. The molecular formula is C5H5N2O3+. The van der Waals surface area contributed by atoms with Gasteiger partial charge in [-0.1, -0.05) is 0 Å². The number of hydrogen-bond acceptors (Lipinski definition) is 3. The lowest BCUT2D eigenvalue weighted by atomic mass is 10.4. The van der Waals surface area contributed by atoms with Crippen molar-refractivity contribution in [2.24, 2.45) is 0 Å². The molecule has 1 aromatic heterocycles. The van der Waals surface area contributed by atoms with Gasteiger partial charge in [0.2, 0.25) is 6.20 Å². The van der Waals surface area contributed by atoms with Crippen molar-refractivity contribution in [3.8, 4) is 0 Å². The molecule has 0 bridgehead atoms. The van der Waals surface area contributed by atoms with Gasteiger partial charge in [0.05, 0.1) is 4.92 Å². The van der Waals surface area contributed by atoms with Crippen LogP contribution in [0, 0.1) is 10.1 Å². The molecule has 0 aliphatic heterocycles. The van der Waals surface area contributed by atoms with E-state index < -0.39 is 4.92 Å². The minimum Gasteiger partial charge on any atom is -0.285 e. The number of hydrogen-bond donors (Lipinski definition) is 1. The minimum absolute atomic E-state index is 0.134. The van der Waals surface area contributed by atoms with Gasteiger partial charge in [-0.25, -0.2) is 0 Å². The number of aromatic nitrogens is 1. The number of nitrogens with zero attached hydrogens (tertiary/aromatic N) is 2. The lowest BCUT2D eigenvalue weighted by Gasteiger charge is -1.84. The molecule has 1 N–H and O–H groups in total. The summed E-state index contributed by atoms with van der Waals surface area (Å²) in [6.45, 7) is 0. The van der Waals surface area contributed by atoms with Crippen LogP contribution in [0.5, 0.6) is 0 Å². The molecule has 0 saturated heterocycles. The van der Waals surface area contributed by atoms with Crippen molar-refractivity contribution in [2.45, 2.75) is 0 Å². The first-order valence-electron chi connectivity index (χ1n) is 2.55. The van der Waals surface area contributed by atoms with Gasteiger partial charge in [0, 0.05) is 16.9 Å². The fourth-order valence-corrected chi connectivity index (χ4v) is 0.559. The van der Waals surface area contributed by atoms with Crippen LogP contribution in [0.2, 0.25) is 0 Å². The highest BCUT2D eigenvalue weighted by Crippen LogP contribution is 2.03. The van der Waals surface area contributed by atoms with Crippen LogP contribution in [0.15, 0.2) is 24.5 Å². The third-order valence-electron chi connectivity index (χ3n) is 0.981. The highest BCUT2D eigenvalue weighted by atomic mass is 16.6. The van der Waals surface area contributed by atoms with E-state index in [4.69, 9.17) is 5.21 Å². The smallest absolute Gasteiger partial charge is 0.285 e. The third-order valence-corrected chi connectivity index (χ3v) is 0.981.